The first-order valence-electron chi connectivity index (χ1n) is 10.3. The van der Waals surface area contributed by atoms with Gasteiger partial charge in [-0.15, -0.1) is 11.3 Å². The van der Waals surface area contributed by atoms with Crippen LogP contribution in [0, 0.1) is 0 Å². The van der Waals surface area contributed by atoms with Gasteiger partial charge in [0.1, 0.15) is 0 Å². The zero-order valence-electron chi connectivity index (χ0n) is 16.0. The number of aromatic nitrogens is 1. The highest BCUT2D eigenvalue weighted by Crippen LogP contribution is 2.47. The van der Waals surface area contributed by atoms with E-state index in [1.165, 1.54) is 69.0 Å². The van der Waals surface area contributed by atoms with Crippen LogP contribution in [0.25, 0.3) is 69.0 Å². The van der Waals surface area contributed by atoms with Crippen LogP contribution in [-0.4, -0.2) is 4.40 Å². The van der Waals surface area contributed by atoms with E-state index in [0.29, 0.717) is 0 Å². The Bertz CT molecular complexity index is 1950. The Morgan fingerprint density at radius 2 is 1.27 bits per heavy atom. The summed E-state index contributed by atoms with van der Waals surface area (Å²) in [6.45, 7) is 0. The highest BCUT2D eigenvalue weighted by Gasteiger charge is 2.21. The summed E-state index contributed by atoms with van der Waals surface area (Å²) in [5.41, 5.74) is 3.94. The molecule has 3 aromatic heterocycles. The van der Waals surface area contributed by atoms with Crippen LogP contribution in [0.5, 0.6) is 0 Å². The van der Waals surface area contributed by atoms with Gasteiger partial charge in [-0.3, -0.25) is 0 Å². The number of nitrogens with zero attached hydrogens (tertiary/aromatic N) is 1. The van der Waals surface area contributed by atoms with Crippen LogP contribution in [0.4, 0.5) is 0 Å². The first-order chi connectivity index (χ1) is 14.9. The van der Waals surface area contributed by atoms with E-state index in [1.54, 1.807) is 0 Å². The zero-order valence-corrected chi connectivity index (χ0v) is 16.8. The fourth-order valence-corrected chi connectivity index (χ4v) is 6.75. The Morgan fingerprint density at radius 1 is 0.500 bits per heavy atom. The molecule has 0 amide bonds. The molecule has 30 heavy (non-hydrogen) atoms. The molecule has 0 bridgehead atoms. The fraction of sp³-hybridized carbons (Fsp3) is 0. The van der Waals surface area contributed by atoms with Gasteiger partial charge in [-0.2, -0.15) is 0 Å². The van der Waals surface area contributed by atoms with E-state index in [-0.39, 0.29) is 0 Å². The molecule has 3 heterocycles. The second-order valence-corrected chi connectivity index (χ2v) is 9.21. The maximum absolute atomic E-state index is 2.52. The maximum atomic E-state index is 2.52. The summed E-state index contributed by atoms with van der Waals surface area (Å²) in [5.74, 6) is 0. The lowest BCUT2D eigenvalue weighted by molar-refractivity contribution is 1.36. The Kier molecular flexibility index (Phi) is 2.59. The lowest BCUT2D eigenvalue weighted by Gasteiger charge is -2.07. The molecule has 0 radical (unpaired) electrons. The van der Waals surface area contributed by atoms with Crippen molar-refractivity contribution < 1.29 is 0 Å². The molecule has 0 spiro atoms. The number of hydrogen-bond donors (Lipinski definition) is 0. The molecule has 0 fully saturated rings. The molecule has 0 aliphatic carbocycles. The van der Waals surface area contributed by atoms with Gasteiger partial charge in [-0.1, -0.05) is 72.8 Å². The van der Waals surface area contributed by atoms with E-state index in [2.05, 4.69) is 95.4 Å². The van der Waals surface area contributed by atoms with Crippen LogP contribution < -0.4 is 0 Å². The van der Waals surface area contributed by atoms with Gasteiger partial charge < -0.3 is 4.40 Å². The van der Waals surface area contributed by atoms with E-state index in [9.17, 15) is 0 Å². The first-order valence-corrected chi connectivity index (χ1v) is 11.1. The monoisotopic (exact) mass is 397 g/mol. The van der Waals surface area contributed by atoms with E-state index < -0.39 is 0 Å². The Morgan fingerprint density at radius 3 is 2.23 bits per heavy atom. The molecule has 0 saturated heterocycles. The van der Waals surface area contributed by atoms with Gasteiger partial charge in [0.15, 0.2) is 0 Å². The zero-order chi connectivity index (χ0) is 19.4. The van der Waals surface area contributed by atoms with Crippen molar-refractivity contribution in [2.24, 2.45) is 0 Å². The van der Waals surface area contributed by atoms with Gasteiger partial charge in [0.25, 0.3) is 0 Å². The quantitative estimate of drug-likeness (QED) is 0.242. The average Bonchev–Trinajstić information content (AvgIpc) is 3.28. The molecule has 0 atom stereocenters. The number of fused-ring (bicyclic) bond motifs is 8. The van der Waals surface area contributed by atoms with Crippen molar-refractivity contribution in [2.45, 2.75) is 0 Å². The van der Waals surface area contributed by atoms with Crippen molar-refractivity contribution in [3.63, 3.8) is 0 Å². The normalized spacial score (nSPS) is 12.7. The lowest BCUT2D eigenvalue weighted by Crippen LogP contribution is -1.85. The summed E-state index contributed by atoms with van der Waals surface area (Å²) < 4.78 is 5.28. The van der Waals surface area contributed by atoms with E-state index >= 15 is 0 Å². The third kappa shape index (κ3) is 1.63. The molecule has 8 aromatic rings. The fourth-order valence-electron chi connectivity index (χ4n) is 5.52. The Balaban J connectivity index is 1.93. The number of para-hydroxylation sites is 1. The molecule has 1 nitrogen and oxygen atoms in total. The van der Waals surface area contributed by atoms with E-state index in [0.717, 1.165) is 0 Å². The lowest BCUT2D eigenvalue weighted by atomic mass is 9.97. The predicted octanol–water partition coefficient (Wildman–Crippen LogP) is 8.36. The third-order valence-corrected chi connectivity index (χ3v) is 7.88. The molecular formula is C28H15NS. The minimum atomic E-state index is 1.28. The molecular weight excluding hydrogens is 382 g/mol. The predicted molar refractivity (Wildman–Crippen MR) is 131 cm³/mol. The van der Waals surface area contributed by atoms with Crippen LogP contribution >= 0.6 is 11.3 Å². The minimum Gasteiger partial charge on any atom is -0.307 e. The second-order valence-electron chi connectivity index (χ2n) is 8.16. The van der Waals surface area contributed by atoms with Crippen LogP contribution in [0.15, 0.2) is 91.0 Å². The summed E-state index contributed by atoms with van der Waals surface area (Å²) in [6.07, 6.45) is 0. The molecule has 0 aliphatic heterocycles. The Labute approximate surface area is 175 Å². The minimum absolute atomic E-state index is 1.28. The van der Waals surface area contributed by atoms with E-state index in [4.69, 9.17) is 0 Å². The molecule has 138 valence electrons. The smallest absolute Gasteiger partial charge is 0.0734 e. The number of benzene rings is 5. The summed E-state index contributed by atoms with van der Waals surface area (Å²) in [4.78, 5) is 0. The van der Waals surface area contributed by atoms with E-state index in [1.807, 2.05) is 11.3 Å². The van der Waals surface area contributed by atoms with Gasteiger partial charge in [0, 0.05) is 26.2 Å². The molecule has 2 heteroatoms. The molecule has 5 aromatic carbocycles. The van der Waals surface area contributed by atoms with Crippen LogP contribution in [-0.2, 0) is 0 Å². The third-order valence-electron chi connectivity index (χ3n) is 6.70. The van der Waals surface area contributed by atoms with Crippen molar-refractivity contribution >= 4 is 80.4 Å². The van der Waals surface area contributed by atoms with Crippen molar-refractivity contribution in [3.8, 4) is 0 Å². The summed E-state index contributed by atoms with van der Waals surface area (Å²) in [7, 11) is 0. The summed E-state index contributed by atoms with van der Waals surface area (Å²) in [6, 6.07) is 33.6. The van der Waals surface area contributed by atoms with Crippen LogP contribution in [0.2, 0.25) is 0 Å². The van der Waals surface area contributed by atoms with Gasteiger partial charge in [0.05, 0.1) is 21.3 Å². The van der Waals surface area contributed by atoms with Gasteiger partial charge in [-0.05, 0) is 39.7 Å². The number of rotatable bonds is 0. The van der Waals surface area contributed by atoms with Crippen LogP contribution in [0.1, 0.15) is 0 Å². The van der Waals surface area contributed by atoms with Crippen molar-refractivity contribution in [3.05, 3.63) is 91.0 Å². The number of hydrogen-bond acceptors (Lipinski definition) is 1. The highest BCUT2D eigenvalue weighted by molar-refractivity contribution is 7.27. The summed E-state index contributed by atoms with van der Waals surface area (Å²) in [5, 5.41) is 10.8. The summed E-state index contributed by atoms with van der Waals surface area (Å²) >= 11 is 1.93. The van der Waals surface area contributed by atoms with Crippen molar-refractivity contribution in [1.82, 2.24) is 4.40 Å². The number of thiophene rings is 1. The van der Waals surface area contributed by atoms with Crippen molar-refractivity contribution in [2.75, 3.05) is 0 Å². The molecule has 8 rings (SSSR count). The molecule has 0 N–H and O–H groups in total. The van der Waals surface area contributed by atoms with Gasteiger partial charge in [0.2, 0.25) is 0 Å². The van der Waals surface area contributed by atoms with Crippen molar-refractivity contribution in [1.29, 1.82) is 0 Å². The molecule has 0 aliphatic rings. The van der Waals surface area contributed by atoms with Crippen LogP contribution in [0.3, 0.4) is 0 Å². The second kappa shape index (κ2) is 5.10. The van der Waals surface area contributed by atoms with Gasteiger partial charge in [-0.25, -0.2) is 0 Å². The topological polar surface area (TPSA) is 4.41 Å². The average molecular weight is 398 g/mol. The Hall–Kier alpha value is -3.62. The SMILES string of the molecule is c1ccc2c(c1)ccc1c2c2cccc3ccc4sc5c6ccccc6n1c5c4c32. The van der Waals surface area contributed by atoms with Gasteiger partial charge >= 0.3 is 0 Å². The molecule has 0 unspecified atom stereocenters. The largest absolute Gasteiger partial charge is 0.307 e. The standard InChI is InChI=1S/C28H15NS/c1-2-8-18-16(6-1)12-14-22-25(18)20-10-5-7-17-13-15-23-26(24(17)20)27-28(30-23)19-9-3-4-11-21(19)29(22)27/h1-15H. The molecule has 0 saturated carbocycles. The highest BCUT2D eigenvalue weighted by atomic mass is 32.1. The first kappa shape index (κ1) is 15.3. The maximum Gasteiger partial charge on any atom is 0.0734 e.